The summed E-state index contributed by atoms with van der Waals surface area (Å²) in [4.78, 5) is 69.2. The summed E-state index contributed by atoms with van der Waals surface area (Å²) >= 11 is 6.17. The predicted molar refractivity (Wildman–Crippen MR) is 168 cm³/mol. The zero-order chi connectivity index (χ0) is 33.2. The molecular formula is C33H43ClN4O8. The van der Waals surface area contributed by atoms with Crippen molar-refractivity contribution in [2.75, 3.05) is 13.1 Å². The summed E-state index contributed by atoms with van der Waals surface area (Å²) in [6, 6.07) is 3.47. The molecule has 1 saturated heterocycles. The van der Waals surface area contributed by atoms with E-state index in [4.69, 9.17) is 21.1 Å². The summed E-state index contributed by atoms with van der Waals surface area (Å²) < 4.78 is 11.3. The number of benzene rings is 1. The summed E-state index contributed by atoms with van der Waals surface area (Å²) in [5.74, 6) is -2.67. The van der Waals surface area contributed by atoms with Crippen molar-refractivity contribution in [3.8, 4) is 0 Å². The SMILES string of the molecule is CC(C)(C)OC(=O)N[C@H]1CCCCCC=C[C@@H]2C[C@@]2(C(=O)O)NC(=O)[C@@H]2C[C@@H](OC(=O)N3CCc4ccc(Cl)cc4C3)CN2C1=O. The molecule has 3 N–H and O–H groups in total. The van der Waals surface area contributed by atoms with E-state index < -0.39 is 59.3 Å². The molecule has 5 atom stereocenters. The number of carbonyl (C=O) groups excluding carboxylic acids is 4. The second-order valence-corrected chi connectivity index (χ2v) is 14.1. The maximum Gasteiger partial charge on any atom is 0.410 e. The number of allylic oxidation sites excluding steroid dienone is 1. The van der Waals surface area contributed by atoms with Crippen molar-refractivity contribution in [1.29, 1.82) is 0 Å². The van der Waals surface area contributed by atoms with E-state index in [0.717, 1.165) is 30.4 Å². The lowest BCUT2D eigenvalue weighted by Gasteiger charge is -2.30. The van der Waals surface area contributed by atoms with E-state index in [1.54, 1.807) is 25.7 Å². The molecule has 4 aliphatic rings. The van der Waals surface area contributed by atoms with E-state index in [1.807, 2.05) is 30.4 Å². The topological polar surface area (TPSA) is 155 Å². The van der Waals surface area contributed by atoms with Crippen molar-refractivity contribution < 1.29 is 38.6 Å². The Bertz CT molecular complexity index is 1410. The van der Waals surface area contributed by atoms with E-state index in [9.17, 15) is 29.1 Å². The highest BCUT2D eigenvalue weighted by Gasteiger charge is 2.61. The van der Waals surface area contributed by atoms with Gasteiger partial charge in [0.25, 0.3) is 0 Å². The number of fused-ring (bicyclic) bond motifs is 3. The van der Waals surface area contributed by atoms with Crippen molar-refractivity contribution >= 4 is 41.6 Å². The quantitative estimate of drug-likeness (QED) is 0.409. The molecule has 13 heteroatoms. The molecule has 12 nitrogen and oxygen atoms in total. The first-order valence-corrected chi connectivity index (χ1v) is 16.4. The Morgan fingerprint density at radius 3 is 2.65 bits per heavy atom. The molecule has 1 aromatic carbocycles. The van der Waals surface area contributed by atoms with Crippen molar-refractivity contribution in [3.63, 3.8) is 0 Å². The molecule has 250 valence electrons. The number of carboxylic acids is 1. The minimum absolute atomic E-state index is 0.0189. The van der Waals surface area contributed by atoms with Gasteiger partial charge < -0.3 is 35.0 Å². The fourth-order valence-corrected chi connectivity index (χ4v) is 6.69. The van der Waals surface area contributed by atoms with Gasteiger partial charge in [0.05, 0.1) is 6.54 Å². The number of ether oxygens (including phenoxy) is 2. The Kier molecular flexibility index (Phi) is 9.86. The van der Waals surface area contributed by atoms with Crippen LogP contribution in [0.15, 0.2) is 30.4 Å². The van der Waals surface area contributed by atoms with Crippen LogP contribution in [0.5, 0.6) is 0 Å². The number of carbonyl (C=O) groups is 5. The smallest absolute Gasteiger partial charge is 0.410 e. The highest BCUT2D eigenvalue weighted by molar-refractivity contribution is 6.30. The Morgan fingerprint density at radius 1 is 1.13 bits per heavy atom. The lowest BCUT2D eigenvalue weighted by molar-refractivity contribution is -0.145. The Balaban J connectivity index is 1.36. The van der Waals surface area contributed by atoms with E-state index >= 15 is 0 Å². The van der Waals surface area contributed by atoms with Crippen molar-refractivity contribution in [3.05, 3.63) is 46.5 Å². The highest BCUT2D eigenvalue weighted by atomic mass is 35.5. The van der Waals surface area contributed by atoms with Crippen LogP contribution in [0.4, 0.5) is 9.59 Å². The number of alkyl carbamates (subject to hydrolysis) is 1. The van der Waals surface area contributed by atoms with Crippen molar-refractivity contribution in [2.24, 2.45) is 5.92 Å². The third-order valence-corrected chi connectivity index (χ3v) is 9.25. The lowest BCUT2D eigenvalue weighted by Crippen LogP contribution is -2.56. The molecule has 4 amide bonds. The van der Waals surface area contributed by atoms with Crippen LogP contribution in [0.25, 0.3) is 0 Å². The highest BCUT2D eigenvalue weighted by Crippen LogP contribution is 2.45. The molecule has 0 aromatic heterocycles. The summed E-state index contributed by atoms with van der Waals surface area (Å²) in [6.07, 6.45) is 5.75. The summed E-state index contributed by atoms with van der Waals surface area (Å²) in [6.45, 7) is 5.82. The third kappa shape index (κ3) is 7.76. The molecule has 3 heterocycles. The monoisotopic (exact) mass is 658 g/mol. The maximum atomic E-state index is 14.1. The number of halogens is 1. The Hall–Kier alpha value is -3.80. The maximum absolute atomic E-state index is 14.1. The van der Waals surface area contributed by atoms with Gasteiger partial charge in [0.1, 0.15) is 29.3 Å². The third-order valence-electron chi connectivity index (χ3n) is 9.02. The normalized spacial score (nSPS) is 28.4. The molecule has 0 bridgehead atoms. The van der Waals surface area contributed by atoms with E-state index in [1.165, 1.54) is 4.90 Å². The molecule has 1 aliphatic carbocycles. The first-order valence-electron chi connectivity index (χ1n) is 16.0. The number of nitrogens with one attached hydrogen (secondary N) is 2. The fourth-order valence-electron chi connectivity index (χ4n) is 6.50. The molecular weight excluding hydrogens is 616 g/mol. The summed E-state index contributed by atoms with van der Waals surface area (Å²) in [7, 11) is 0. The fraction of sp³-hybridized carbons (Fsp3) is 0.606. The van der Waals surface area contributed by atoms with Crippen LogP contribution in [-0.4, -0.2) is 87.3 Å². The summed E-state index contributed by atoms with van der Waals surface area (Å²) in [5.41, 5.74) is -0.228. The van der Waals surface area contributed by atoms with Crippen molar-refractivity contribution in [2.45, 2.75) is 108 Å². The van der Waals surface area contributed by atoms with Gasteiger partial charge in [-0.15, -0.1) is 0 Å². The standard InChI is InChI=1S/C33H43ClN4O8/c1-32(2,3)46-30(43)35-25-10-8-6-4-5-7-9-22-17-33(22,29(41)42)36-27(39)26-16-24(19-38(26)28(25)40)45-31(44)37-14-13-20-11-12-23(34)15-21(20)18-37/h7,9,11-12,15,22,24-26H,4-6,8,10,13-14,16-19H2,1-3H3,(H,35,43)(H,36,39)(H,41,42)/t22-,24-,25+,26+,33-/m1/s1. The van der Waals surface area contributed by atoms with E-state index in [-0.39, 0.29) is 25.3 Å². The van der Waals surface area contributed by atoms with Gasteiger partial charge >= 0.3 is 18.2 Å². The van der Waals surface area contributed by atoms with Gasteiger partial charge in [-0.1, -0.05) is 42.7 Å². The zero-order valence-corrected chi connectivity index (χ0v) is 27.3. The number of aliphatic carboxylic acids is 1. The average molecular weight is 659 g/mol. The minimum Gasteiger partial charge on any atom is -0.479 e. The first kappa shape index (κ1) is 33.6. The molecule has 5 rings (SSSR count). The Labute approximate surface area is 273 Å². The second kappa shape index (κ2) is 13.5. The number of carboxylic acid groups (broad SMARTS) is 1. The van der Waals surface area contributed by atoms with Crippen LogP contribution in [0, 0.1) is 5.92 Å². The van der Waals surface area contributed by atoms with E-state index in [2.05, 4.69) is 10.6 Å². The van der Waals surface area contributed by atoms with Gasteiger partial charge in [-0.25, -0.2) is 14.4 Å². The molecule has 46 heavy (non-hydrogen) atoms. The van der Waals surface area contributed by atoms with Gasteiger partial charge in [-0.05, 0) is 76.1 Å². The number of rotatable bonds is 3. The van der Waals surface area contributed by atoms with Crippen LogP contribution in [0.1, 0.15) is 76.8 Å². The van der Waals surface area contributed by atoms with Gasteiger partial charge in [0.2, 0.25) is 11.8 Å². The molecule has 2 fully saturated rings. The lowest BCUT2D eigenvalue weighted by atomic mass is 10.0. The molecule has 1 saturated carbocycles. The second-order valence-electron chi connectivity index (χ2n) is 13.7. The van der Waals surface area contributed by atoms with Gasteiger partial charge in [-0.2, -0.15) is 0 Å². The average Bonchev–Trinajstić information content (AvgIpc) is 3.51. The number of hydrogen-bond donors (Lipinski definition) is 3. The van der Waals surface area contributed by atoms with Gasteiger partial charge in [-0.3, -0.25) is 9.59 Å². The molecule has 1 aromatic rings. The largest absolute Gasteiger partial charge is 0.479 e. The number of nitrogens with zero attached hydrogens (tertiary/aromatic N) is 2. The summed E-state index contributed by atoms with van der Waals surface area (Å²) in [5, 5.41) is 16.0. The zero-order valence-electron chi connectivity index (χ0n) is 26.6. The van der Waals surface area contributed by atoms with Gasteiger partial charge in [0, 0.05) is 30.5 Å². The predicted octanol–water partition coefficient (Wildman–Crippen LogP) is 4.18. The van der Waals surface area contributed by atoms with Crippen LogP contribution in [0.3, 0.4) is 0 Å². The van der Waals surface area contributed by atoms with Crippen LogP contribution >= 0.6 is 11.6 Å². The molecule has 0 unspecified atom stereocenters. The van der Waals surface area contributed by atoms with Gasteiger partial charge in [0.15, 0.2) is 0 Å². The number of amides is 4. The van der Waals surface area contributed by atoms with Crippen molar-refractivity contribution in [1.82, 2.24) is 20.4 Å². The number of hydrogen-bond acceptors (Lipinski definition) is 7. The molecule has 0 spiro atoms. The first-order chi connectivity index (χ1) is 21.8. The van der Waals surface area contributed by atoms with Crippen LogP contribution < -0.4 is 10.6 Å². The van der Waals surface area contributed by atoms with Crippen LogP contribution in [0.2, 0.25) is 5.02 Å². The molecule has 0 radical (unpaired) electrons. The minimum atomic E-state index is -1.46. The van der Waals surface area contributed by atoms with Crippen LogP contribution in [-0.2, 0) is 36.8 Å². The Morgan fingerprint density at radius 2 is 1.91 bits per heavy atom. The van der Waals surface area contributed by atoms with E-state index in [0.29, 0.717) is 37.4 Å². The molecule has 3 aliphatic heterocycles.